The van der Waals surface area contributed by atoms with E-state index in [-0.39, 0.29) is 0 Å². The van der Waals surface area contributed by atoms with Gasteiger partial charge in [-0.15, -0.1) is 0 Å². The highest BCUT2D eigenvalue weighted by molar-refractivity contribution is 4.89. The first kappa shape index (κ1) is 17.0. The molecular formula is C18H37N. The standard InChI is InChI=1S/C18H37N/c1-3-5-6-7-8-9-11-15-18(14-4-2)16-12-10-13-17-19-18/h19H,3-17H2,1-2H3. The van der Waals surface area contributed by atoms with Crippen LogP contribution >= 0.6 is 0 Å². The average Bonchev–Trinajstić information content (AvgIpc) is 2.64. The molecule has 0 radical (unpaired) electrons. The van der Waals surface area contributed by atoms with Crippen molar-refractivity contribution >= 4 is 0 Å². The predicted octanol–water partition coefficient (Wildman–Crippen LogP) is 5.83. The van der Waals surface area contributed by atoms with Gasteiger partial charge in [-0.25, -0.2) is 0 Å². The van der Waals surface area contributed by atoms with Crippen LogP contribution in [0.2, 0.25) is 0 Å². The molecule has 0 bridgehead atoms. The molecular weight excluding hydrogens is 230 g/mol. The third-order valence-corrected chi connectivity index (χ3v) is 4.82. The van der Waals surface area contributed by atoms with Crippen LogP contribution in [0.15, 0.2) is 0 Å². The van der Waals surface area contributed by atoms with Crippen LogP contribution in [0.3, 0.4) is 0 Å². The summed E-state index contributed by atoms with van der Waals surface area (Å²) in [4.78, 5) is 0. The number of hydrogen-bond acceptors (Lipinski definition) is 1. The molecule has 1 unspecified atom stereocenters. The first-order chi connectivity index (χ1) is 9.33. The van der Waals surface area contributed by atoms with E-state index in [1.807, 2.05) is 0 Å². The van der Waals surface area contributed by atoms with Crippen molar-refractivity contribution in [1.82, 2.24) is 5.32 Å². The summed E-state index contributed by atoms with van der Waals surface area (Å²) >= 11 is 0. The van der Waals surface area contributed by atoms with Crippen LogP contribution in [0.25, 0.3) is 0 Å². The molecule has 1 rings (SSSR count). The van der Waals surface area contributed by atoms with Crippen molar-refractivity contribution in [2.24, 2.45) is 0 Å². The molecule has 1 atom stereocenters. The van der Waals surface area contributed by atoms with Crippen LogP contribution in [-0.2, 0) is 0 Å². The van der Waals surface area contributed by atoms with Crippen molar-refractivity contribution < 1.29 is 0 Å². The largest absolute Gasteiger partial charge is 0.311 e. The van der Waals surface area contributed by atoms with Crippen molar-refractivity contribution in [2.45, 2.75) is 109 Å². The fourth-order valence-corrected chi connectivity index (χ4v) is 3.66. The fourth-order valence-electron chi connectivity index (χ4n) is 3.66. The second-order valence-electron chi connectivity index (χ2n) is 6.64. The van der Waals surface area contributed by atoms with E-state index < -0.39 is 0 Å². The third kappa shape index (κ3) is 7.34. The molecule has 0 aromatic heterocycles. The van der Waals surface area contributed by atoms with Crippen LogP contribution in [0.4, 0.5) is 0 Å². The van der Waals surface area contributed by atoms with E-state index in [0.29, 0.717) is 5.54 Å². The summed E-state index contributed by atoms with van der Waals surface area (Å²) in [6.07, 6.45) is 19.9. The summed E-state index contributed by atoms with van der Waals surface area (Å²) in [5.74, 6) is 0. The minimum Gasteiger partial charge on any atom is -0.311 e. The van der Waals surface area contributed by atoms with Crippen LogP contribution in [0.5, 0.6) is 0 Å². The average molecular weight is 268 g/mol. The highest BCUT2D eigenvalue weighted by Gasteiger charge is 2.28. The summed E-state index contributed by atoms with van der Waals surface area (Å²) in [6, 6.07) is 0. The van der Waals surface area contributed by atoms with Crippen molar-refractivity contribution in [3.8, 4) is 0 Å². The Hall–Kier alpha value is -0.0400. The zero-order valence-corrected chi connectivity index (χ0v) is 13.6. The Morgan fingerprint density at radius 1 is 0.737 bits per heavy atom. The lowest BCUT2D eigenvalue weighted by Gasteiger charge is -2.34. The molecule has 0 aromatic rings. The fraction of sp³-hybridized carbons (Fsp3) is 1.00. The van der Waals surface area contributed by atoms with Gasteiger partial charge >= 0.3 is 0 Å². The summed E-state index contributed by atoms with van der Waals surface area (Å²) in [5.41, 5.74) is 0.509. The van der Waals surface area contributed by atoms with Crippen molar-refractivity contribution in [1.29, 1.82) is 0 Å². The highest BCUT2D eigenvalue weighted by atomic mass is 15.0. The zero-order valence-electron chi connectivity index (χ0n) is 13.6. The van der Waals surface area contributed by atoms with Crippen LogP contribution < -0.4 is 5.32 Å². The molecule has 1 saturated heterocycles. The highest BCUT2D eigenvalue weighted by Crippen LogP contribution is 2.29. The van der Waals surface area contributed by atoms with Crippen molar-refractivity contribution in [3.05, 3.63) is 0 Å². The molecule has 1 nitrogen and oxygen atoms in total. The van der Waals surface area contributed by atoms with Gasteiger partial charge in [-0.1, -0.05) is 78.1 Å². The Bertz CT molecular complexity index is 192. The van der Waals surface area contributed by atoms with Gasteiger partial charge in [0.1, 0.15) is 0 Å². The van der Waals surface area contributed by atoms with Gasteiger partial charge < -0.3 is 5.32 Å². The second kappa shape index (κ2) is 10.7. The number of hydrogen-bond donors (Lipinski definition) is 1. The quantitative estimate of drug-likeness (QED) is 0.491. The molecule has 1 heteroatoms. The molecule has 1 aliphatic rings. The van der Waals surface area contributed by atoms with Crippen molar-refractivity contribution in [3.63, 3.8) is 0 Å². The SMILES string of the molecule is CCCCCCCCCC1(CCC)CCCCCN1. The van der Waals surface area contributed by atoms with E-state index >= 15 is 0 Å². The maximum Gasteiger partial charge on any atom is 0.0181 e. The molecule has 1 fully saturated rings. The number of unbranched alkanes of at least 4 members (excludes halogenated alkanes) is 6. The molecule has 19 heavy (non-hydrogen) atoms. The smallest absolute Gasteiger partial charge is 0.0181 e. The number of nitrogens with one attached hydrogen (secondary N) is 1. The van der Waals surface area contributed by atoms with E-state index in [1.54, 1.807) is 0 Å². The Morgan fingerprint density at radius 3 is 2.21 bits per heavy atom. The lowest BCUT2D eigenvalue weighted by molar-refractivity contribution is 0.261. The van der Waals surface area contributed by atoms with Gasteiger partial charge in [0, 0.05) is 5.54 Å². The molecule has 0 amide bonds. The molecule has 0 saturated carbocycles. The second-order valence-corrected chi connectivity index (χ2v) is 6.64. The lowest BCUT2D eigenvalue weighted by atomic mass is 9.83. The predicted molar refractivity (Wildman–Crippen MR) is 86.7 cm³/mol. The van der Waals surface area contributed by atoms with Crippen LogP contribution in [-0.4, -0.2) is 12.1 Å². The monoisotopic (exact) mass is 267 g/mol. The summed E-state index contributed by atoms with van der Waals surface area (Å²) in [7, 11) is 0. The van der Waals surface area contributed by atoms with E-state index in [0.717, 1.165) is 0 Å². The van der Waals surface area contributed by atoms with Crippen molar-refractivity contribution in [2.75, 3.05) is 6.54 Å². The first-order valence-corrected chi connectivity index (χ1v) is 9.08. The topological polar surface area (TPSA) is 12.0 Å². The lowest BCUT2D eigenvalue weighted by Crippen LogP contribution is -2.44. The summed E-state index contributed by atoms with van der Waals surface area (Å²) < 4.78 is 0. The normalized spacial score (nSPS) is 24.3. The maximum atomic E-state index is 3.91. The first-order valence-electron chi connectivity index (χ1n) is 9.08. The van der Waals surface area contributed by atoms with E-state index in [9.17, 15) is 0 Å². The Labute approximate surface area is 121 Å². The zero-order chi connectivity index (χ0) is 13.8. The molecule has 1 N–H and O–H groups in total. The molecule has 114 valence electrons. The molecule has 0 aliphatic carbocycles. The van der Waals surface area contributed by atoms with Gasteiger partial charge in [0.15, 0.2) is 0 Å². The van der Waals surface area contributed by atoms with Crippen LogP contribution in [0, 0.1) is 0 Å². The Kier molecular flexibility index (Phi) is 9.59. The molecule has 1 heterocycles. The Balaban J connectivity index is 2.17. The van der Waals surface area contributed by atoms with Gasteiger partial charge in [-0.3, -0.25) is 0 Å². The van der Waals surface area contributed by atoms with Gasteiger partial charge in [0.05, 0.1) is 0 Å². The van der Waals surface area contributed by atoms with Crippen LogP contribution in [0.1, 0.15) is 104 Å². The van der Waals surface area contributed by atoms with Gasteiger partial charge in [-0.05, 0) is 32.2 Å². The minimum atomic E-state index is 0.509. The Morgan fingerprint density at radius 2 is 1.47 bits per heavy atom. The molecule has 0 spiro atoms. The third-order valence-electron chi connectivity index (χ3n) is 4.82. The van der Waals surface area contributed by atoms with E-state index in [1.165, 1.54) is 96.4 Å². The van der Waals surface area contributed by atoms with Gasteiger partial charge in [-0.2, -0.15) is 0 Å². The molecule has 1 aliphatic heterocycles. The summed E-state index contributed by atoms with van der Waals surface area (Å²) in [5, 5.41) is 3.91. The molecule has 0 aromatic carbocycles. The van der Waals surface area contributed by atoms with Gasteiger partial charge in [0.2, 0.25) is 0 Å². The maximum absolute atomic E-state index is 3.91. The van der Waals surface area contributed by atoms with E-state index in [2.05, 4.69) is 19.2 Å². The summed E-state index contributed by atoms with van der Waals surface area (Å²) in [6.45, 7) is 5.90. The van der Waals surface area contributed by atoms with E-state index in [4.69, 9.17) is 0 Å². The number of rotatable bonds is 10. The van der Waals surface area contributed by atoms with Gasteiger partial charge in [0.25, 0.3) is 0 Å². The minimum absolute atomic E-state index is 0.509.